The van der Waals surface area contributed by atoms with E-state index in [0.717, 1.165) is 29.6 Å². The van der Waals surface area contributed by atoms with Gasteiger partial charge >= 0.3 is 0 Å². The fourth-order valence-corrected chi connectivity index (χ4v) is 3.52. The number of para-hydroxylation sites is 1. The van der Waals surface area contributed by atoms with Gasteiger partial charge in [-0.15, -0.1) is 0 Å². The molecule has 0 bridgehead atoms. The summed E-state index contributed by atoms with van der Waals surface area (Å²) in [4.78, 5) is 20.1. The predicted molar refractivity (Wildman–Crippen MR) is 102 cm³/mol. The topological polar surface area (TPSA) is 59.6 Å². The highest BCUT2D eigenvalue weighted by Crippen LogP contribution is 2.18. The lowest BCUT2D eigenvalue weighted by Crippen LogP contribution is -2.49. The van der Waals surface area contributed by atoms with Crippen LogP contribution >= 0.6 is 0 Å². The number of aliphatic hydroxyl groups excluding tert-OH is 1. The molecule has 3 aromatic rings. The molecule has 0 spiro atoms. The molecule has 5 heteroatoms. The minimum Gasteiger partial charge on any atom is -0.387 e. The van der Waals surface area contributed by atoms with Crippen LogP contribution < -0.4 is 0 Å². The molecular formula is C21H23N3O2. The number of aromatic nitrogens is 1. The molecule has 0 radical (unpaired) electrons. The zero-order valence-corrected chi connectivity index (χ0v) is 14.6. The van der Waals surface area contributed by atoms with Crippen LogP contribution in [0.25, 0.3) is 10.9 Å². The molecule has 134 valence electrons. The van der Waals surface area contributed by atoms with Gasteiger partial charge in [0.15, 0.2) is 0 Å². The van der Waals surface area contributed by atoms with Crippen LogP contribution in [0.3, 0.4) is 0 Å². The number of H-pyrrole nitrogens is 1. The summed E-state index contributed by atoms with van der Waals surface area (Å²) >= 11 is 0. The molecular weight excluding hydrogens is 326 g/mol. The van der Waals surface area contributed by atoms with Crippen LogP contribution in [0.4, 0.5) is 0 Å². The Hall–Kier alpha value is -2.63. The standard InChI is InChI=1S/C21H23N3O2/c25-20(16-6-2-1-3-7-16)15-23-10-12-24(13-11-23)21(26)19-14-17-8-4-5-9-18(17)22-19/h1-9,14,20,22,25H,10-13,15H2/t20-/m1/s1. The predicted octanol–water partition coefficient (Wildman–Crippen LogP) is 2.66. The molecule has 1 fully saturated rings. The van der Waals surface area contributed by atoms with Crippen LogP contribution in [-0.2, 0) is 0 Å². The first-order chi connectivity index (χ1) is 12.7. The molecule has 0 aliphatic carbocycles. The second kappa shape index (κ2) is 7.32. The summed E-state index contributed by atoms with van der Waals surface area (Å²) in [6, 6.07) is 19.6. The molecule has 26 heavy (non-hydrogen) atoms. The van der Waals surface area contributed by atoms with E-state index >= 15 is 0 Å². The molecule has 5 nitrogen and oxygen atoms in total. The van der Waals surface area contributed by atoms with Crippen molar-refractivity contribution in [3.8, 4) is 0 Å². The Bertz CT molecular complexity index is 849. The normalized spacial score (nSPS) is 16.7. The number of hydrogen-bond donors (Lipinski definition) is 2. The number of aliphatic hydroxyl groups is 1. The summed E-state index contributed by atoms with van der Waals surface area (Å²) in [5.74, 6) is 0.0458. The number of rotatable bonds is 4. The number of nitrogens with zero attached hydrogens (tertiary/aromatic N) is 2. The van der Waals surface area contributed by atoms with Crippen LogP contribution in [-0.4, -0.2) is 58.5 Å². The van der Waals surface area contributed by atoms with E-state index in [-0.39, 0.29) is 5.91 Å². The molecule has 4 rings (SSSR count). The second-order valence-electron chi connectivity index (χ2n) is 6.79. The Balaban J connectivity index is 1.35. The first-order valence-electron chi connectivity index (χ1n) is 9.03. The van der Waals surface area contributed by atoms with Gasteiger partial charge in [-0.2, -0.15) is 0 Å². The van der Waals surface area contributed by atoms with Crippen molar-refractivity contribution in [3.05, 3.63) is 71.9 Å². The average molecular weight is 349 g/mol. The number of hydrogen-bond acceptors (Lipinski definition) is 3. The number of carbonyl (C=O) groups is 1. The molecule has 1 aliphatic rings. The molecule has 1 atom stereocenters. The Morgan fingerprint density at radius 1 is 1.00 bits per heavy atom. The maximum absolute atomic E-state index is 12.7. The summed E-state index contributed by atoms with van der Waals surface area (Å²) in [5, 5.41) is 11.4. The number of fused-ring (bicyclic) bond motifs is 1. The number of β-amino-alcohol motifs (C(OH)–C–C–N with tert-alkyl or cyclic N) is 1. The van der Waals surface area contributed by atoms with Gasteiger partial charge in [-0.1, -0.05) is 48.5 Å². The van der Waals surface area contributed by atoms with Crippen molar-refractivity contribution in [2.45, 2.75) is 6.10 Å². The summed E-state index contributed by atoms with van der Waals surface area (Å²) < 4.78 is 0. The first kappa shape index (κ1) is 16.8. The van der Waals surface area contributed by atoms with E-state index in [1.54, 1.807) is 0 Å². The Morgan fingerprint density at radius 2 is 1.69 bits per heavy atom. The van der Waals surface area contributed by atoms with Crippen molar-refractivity contribution in [3.63, 3.8) is 0 Å². The Kier molecular flexibility index (Phi) is 4.73. The molecule has 0 unspecified atom stereocenters. The van der Waals surface area contributed by atoms with Gasteiger partial charge in [0.05, 0.1) is 6.10 Å². The summed E-state index contributed by atoms with van der Waals surface area (Å²) in [7, 11) is 0. The maximum atomic E-state index is 12.7. The lowest BCUT2D eigenvalue weighted by molar-refractivity contribution is 0.0524. The number of nitrogens with one attached hydrogen (secondary N) is 1. The Morgan fingerprint density at radius 3 is 2.42 bits per heavy atom. The second-order valence-corrected chi connectivity index (χ2v) is 6.79. The molecule has 2 heterocycles. The van der Waals surface area contributed by atoms with Gasteiger partial charge in [0, 0.05) is 43.6 Å². The first-order valence-corrected chi connectivity index (χ1v) is 9.03. The van der Waals surface area contributed by atoms with Crippen molar-refractivity contribution in [1.82, 2.24) is 14.8 Å². The number of benzene rings is 2. The third-order valence-corrected chi connectivity index (χ3v) is 5.04. The quantitative estimate of drug-likeness (QED) is 0.761. The number of piperazine rings is 1. The third-order valence-electron chi connectivity index (χ3n) is 5.04. The lowest BCUT2D eigenvalue weighted by Gasteiger charge is -2.35. The van der Waals surface area contributed by atoms with E-state index < -0.39 is 6.10 Å². The van der Waals surface area contributed by atoms with E-state index in [1.807, 2.05) is 65.6 Å². The van der Waals surface area contributed by atoms with E-state index in [2.05, 4.69) is 9.88 Å². The third kappa shape index (κ3) is 3.49. The fraction of sp³-hybridized carbons (Fsp3) is 0.286. The average Bonchev–Trinajstić information content (AvgIpc) is 3.13. The van der Waals surface area contributed by atoms with Gasteiger partial charge in [0.2, 0.25) is 0 Å². The largest absolute Gasteiger partial charge is 0.387 e. The van der Waals surface area contributed by atoms with E-state index in [0.29, 0.717) is 25.3 Å². The highest BCUT2D eigenvalue weighted by Gasteiger charge is 2.24. The summed E-state index contributed by atoms with van der Waals surface area (Å²) in [5.41, 5.74) is 2.56. The number of carbonyl (C=O) groups excluding carboxylic acids is 1. The smallest absolute Gasteiger partial charge is 0.270 e. The van der Waals surface area contributed by atoms with Gasteiger partial charge in [-0.05, 0) is 17.7 Å². The summed E-state index contributed by atoms with van der Waals surface area (Å²) in [6.45, 7) is 3.50. The highest BCUT2D eigenvalue weighted by atomic mass is 16.3. The van der Waals surface area contributed by atoms with Gasteiger partial charge in [-0.3, -0.25) is 9.69 Å². The van der Waals surface area contributed by atoms with Crippen LogP contribution in [0.15, 0.2) is 60.7 Å². The maximum Gasteiger partial charge on any atom is 0.270 e. The van der Waals surface area contributed by atoms with Gasteiger partial charge in [0.1, 0.15) is 5.69 Å². The zero-order chi connectivity index (χ0) is 17.9. The van der Waals surface area contributed by atoms with E-state index in [1.165, 1.54) is 0 Å². The lowest BCUT2D eigenvalue weighted by atomic mass is 10.1. The summed E-state index contributed by atoms with van der Waals surface area (Å²) in [6.07, 6.45) is -0.493. The van der Waals surface area contributed by atoms with Gasteiger partial charge in [-0.25, -0.2) is 0 Å². The van der Waals surface area contributed by atoms with Crippen molar-refractivity contribution < 1.29 is 9.90 Å². The van der Waals surface area contributed by atoms with Crippen LogP contribution in [0.1, 0.15) is 22.2 Å². The fourth-order valence-electron chi connectivity index (χ4n) is 3.52. The van der Waals surface area contributed by atoms with E-state index in [4.69, 9.17) is 0 Å². The van der Waals surface area contributed by atoms with Crippen molar-refractivity contribution in [2.75, 3.05) is 32.7 Å². The minimum absolute atomic E-state index is 0.0458. The van der Waals surface area contributed by atoms with Crippen LogP contribution in [0, 0.1) is 0 Å². The Labute approximate surface area is 152 Å². The zero-order valence-electron chi connectivity index (χ0n) is 14.6. The number of aromatic amines is 1. The van der Waals surface area contributed by atoms with Crippen molar-refractivity contribution >= 4 is 16.8 Å². The highest BCUT2D eigenvalue weighted by molar-refractivity contribution is 5.98. The number of amides is 1. The van der Waals surface area contributed by atoms with Crippen molar-refractivity contribution in [1.29, 1.82) is 0 Å². The minimum atomic E-state index is -0.493. The van der Waals surface area contributed by atoms with Crippen molar-refractivity contribution in [2.24, 2.45) is 0 Å². The molecule has 1 amide bonds. The molecule has 0 saturated carbocycles. The molecule has 2 N–H and O–H groups in total. The van der Waals surface area contributed by atoms with E-state index in [9.17, 15) is 9.90 Å². The molecule has 1 saturated heterocycles. The monoisotopic (exact) mass is 349 g/mol. The van der Waals surface area contributed by atoms with Crippen LogP contribution in [0.2, 0.25) is 0 Å². The molecule has 1 aromatic heterocycles. The molecule has 2 aromatic carbocycles. The SMILES string of the molecule is O=C(c1cc2ccccc2[nH]1)N1CCN(C[C@@H](O)c2ccccc2)CC1. The van der Waals surface area contributed by atoms with Crippen LogP contribution in [0.5, 0.6) is 0 Å². The molecule has 1 aliphatic heterocycles. The van der Waals surface area contributed by atoms with Gasteiger partial charge in [0.25, 0.3) is 5.91 Å². The van der Waals surface area contributed by atoms with Gasteiger partial charge < -0.3 is 15.0 Å².